The van der Waals surface area contributed by atoms with Crippen LogP contribution >= 0.6 is 0 Å². The Bertz CT molecular complexity index is 282. The molecule has 1 aliphatic heterocycles. The van der Waals surface area contributed by atoms with Gasteiger partial charge in [0, 0.05) is 30.8 Å². The third kappa shape index (κ3) is 1.91. The van der Waals surface area contributed by atoms with Crippen LogP contribution in [0.15, 0.2) is 5.16 Å². The lowest BCUT2D eigenvalue weighted by Gasteiger charge is -2.30. The fourth-order valence-corrected chi connectivity index (χ4v) is 0.901. The highest BCUT2D eigenvalue weighted by Crippen LogP contribution is 2.13. The van der Waals surface area contributed by atoms with Crippen LogP contribution in [0.1, 0.15) is 25.2 Å². The van der Waals surface area contributed by atoms with Crippen molar-refractivity contribution in [2.75, 3.05) is 13.6 Å². The molecule has 1 saturated heterocycles. The van der Waals surface area contributed by atoms with Crippen LogP contribution in [0.3, 0.4) is 0 Å². The summed E-state index contributed by atoms with van der Waals surface area (Å²) in [4.78, 5) is 4.80. The molecule has 0 bridgehead atoms. The van der Waals surface area contributed by atoms with Gasteiger partial charge in [0.15, 0.2) is 0 Å². The van der Waals surface area contributed by atoms with Crippen molar-refractivity contribution in [2.45, 2.75) is 25.8 Å². The van der Waals surface area contributed by atoms with Crippen LogP contribution in [0, 0.1) is 0 Å². The maximum absolute atomic E-state index is 8.64. The van der Waals surface area contributed by atoms with Gasteiger partial charge in [-0.3, -0.25) is 0 Å². The van der Waals surface area contributed by atoms with Crippen LogP contribution in [0.4, 0.5) is 0 Å². The number of hydrogen-bond acceptors (Lipinski definition) is 4. The Morgan fingerprint density at radius 2 is 2.73 bits per heavy atom. The van der Waals surface area contributed by atoms with Crippen molar-refractivity contribution in [3.63, 3.8) is 0 Å². The topological polar surface area (TPSA) is 45.1 Å². The van der Waals surface area contributed by atoms with Gasteiger partial charge in [-0.2, -0.15) is 5.06 Å². The molecule has 64 valence electrons. The van der Waals surface area contributed by atoms with Crippen molar-refractivity contribution in [1.29, 1.82) is 0 Å². The van der Waals surface area contributed by atoms with Gasteiger partial charge >= 0.3 is 0 Å². The molecular formula is C7H14N2O2. The van der Waals surface area contributed by atoms with E-state index in [4.69, 9.17) is 15.5 Å². The van der Waals surface area contributed by atoms with Crippen LogP contribution in [-0.2, 0) is 4.84 Å². The summed E-state index contributed by atoms with van der Waals surface area (Å²) in [5.74, 6) is 0. The van der Waals surface area contributed by atoms with E-state index < -0.39 is 18.9 Å². The Balaban J connectivity index is 3.13. The first kappa shape index (κ1) is 4.42. The van der Waals surface area contributed by atoms with Crippen molar-refractivity contribution >= 4 is 5.71 Å². The molecule has 2 atom stereocenters. The van der Waals surface area contributed by atoms with Crippen molar-refractivity contribution < 1.29 is 15.5 Å². The second-order valence-corrected chi connectivity index (χ2v) is 2.19. The Hall–Kier alpha value is -0.610. The standard InChI is InChI=1S/C7H14N2O2/c1-6-5-7(8-10)3-4-9(6)11-2/h6,10H,3-5H2,1-2H3/i4T2,5T,6T. The number of piperidine rings is 1. The summed E-state index contributed by atoms with van der Waals surface area (Å²) >= 11 is 0. The molecule has 0 radical (unpaired) electrons. The summed E-state index contributed by atoms with van der Waals surface area (Å²) in [6.45, 7) is -0.610. The van der Waals surface area contributed by atoms with Gasteiger partial charge in [-0.15, -0.1) is 0 Å². The molecule has 4 heteroatoms. The van der Waals surface area contributed by atoms with Crippen molar-refractivity contribution in [2.24, 2.45) is 5.16 Å². The molecule has 1 fully saturated rings. The largest absolute Gasteiger partial charge is 0.411 e. The third-order valence-electron chi connectivity index (χ3n) is 1.41. The molecule has 4 nitrogen and oxygen atoms in total. The quantitative estimate of drug-likeness (QED) is 0.464. The minimum Gasteiger partial charge on any atom is -0.411 e. The van der Waals surface area contributed by atoms with Gasteiger partial charge in [0.2, 0.25) is 0 Å². The van der Waals surface area contributed by atoms with E-state index in [1.807, 2.05) is 0 Å². The molecule has 0 aliphatic carbocycles. The summed E-state index contributed by atoms with van der Waals surface area (Å²) in [7, 11) is 1.25. The Morgan fingerprint density at radius 3 is 3.27 bits per heavy atom. The first-order valence-corrected chi connectivity index (χ1v) is 3.25. The lowest BCUT2D eigenvalue weighted by Crippen LogP contribution is -2.40. The SMILES string of the molecule is [3H]C1C(=NO)CC([3H])([3H])N(OC)C1([3H])C. The number of rotatable bonds is 1. The van der Waals surface area contributed by atoms with E-state index in [1.165, 1.54) is 14.0 Å². The van der Waals surface area contributed by atoms with Crippen molar-refractivity contribution in [3.05, 3.63) is 0 Å². The average Bonchev–Trinajstić information content (AvgIpc) is 2.11. The molecular weight excluding hydrogens is 144 g/mol. The molecule has 0 spiro atoms. The summed E-state index contributed by atoms with van der Waals surface area (Å²) in [5, 5.41) is 12.3. The van der Waals surface area contributed by atoms with Gasteiger partial charge in [-0.25, -0.2) is 0 Å². The Kier molecular flexibility index (Phi) is 1.48. The van der Waals surface area contributed by atoms with Gasteiger partial charge in [0.1, 0.15) is 0 Å². The number of oxime groups is 1. The highest BCUT2D eigenvalue weighted by atomic mass is 16.7. The van der Waals surface area contributed by atoms with E-state index in [0.717, 1.165) is 5.06 Å². The minimum atomic E-state index is -1.95. The predicted molar refractivity (Wildman–Crippen MR) is 41.6 cm³/mol. The highest BCUT2D eigenvalue weighted by molar-refractivity contribution is 5.85. The summed E-state index contributed by atoms with van der Waals surface area (Å²) in [6, 6.07) is -1.63. The van der Waals surface area contributed by atoms with Crippen LogP contribution in [-0.4, -0.2) is 35.6 Å². The van der Waals surface area contributed by atoms with Crippen LogP contribution in [0.2, 0.25) is 0 Å². The number of hydrogen-bond donors (Lipinski definition) is 1. The number of nitrogens with zero attached hydrogens (tertiary/aromatic N) is 2. The van der Waals surface area contributed by atoms with E-state index in [0.29, 0.717) is 0 Å². The normalized spacial score (nSPS) is 54.4. The molecule has 2 unspecified atom stereocenters. The fourth-order valence-electron chi connectivity index (χ4n) is 0.901. The zero-order chi connectivity index (χ0) is 11.9. The summed E-state index contributed by atoms with van der Waals surface area (Å²) < 4.78 is 30.8. The molecule has 1 aliphatic rings. The molecule has 1 rings (SSSR count). The van der Waals surface area contributed by atoms with Crippen molar-refractivity contribution in [1.82, 2.24) is 5.06 Å². The lowest BCUT2D eigenvalue weighted by molar-refractivity contribution is -0.158. The second-order valence-electron chi connectivity index (χ2n) is 2.19. The molecule has 0 aromatic carbocycles. The molecule has 1 N–H and O–H groups in total. The van der Waals surface area contributed by atoms with Gasteiger partial charge in [0.05, 0.1) is 12.8 Å². The first-order chi connectivity index (χ1) is 6.77. The number of hydroxylamine groups is 2. The Morgan fingerprint density at radius 1 is 2.00 bits per heavy atom. The molecule has 0 amide bonds. The molecule has 0 aromatic rings. The molecule has 0 aromatic heterocycles. The zero-order valence-corrected chi connectivity index (χ0v) is 6.53. The molecule has 1 heterocycles. The summed E-state index contributed by atoms with van der Waals surface area (Å²) in [5.41, 5.74) is -0.0502. The predicted octanol–water partition coefficient (Wildman–Crippen LogP) is 0.862. The van der Waals surface area contributed by atoms with E-state index in [9.17, 15) is 0 Å². The van der Waals surface area contributed by atoms with E-state index >= 15 is 0 Å². The van der Waals surface area contributed by atoms with Gasteiger partial charge in [-0.1, -0.05) is 5.16 Å². The first-order valence-electron chi connectivity index (χ1n) is 5.32. The maximum Gasteiger partial charge on any atom is 0.0600 e. The van der Waals surface area contributed by atoms with E-state index in [1.54, 1.807) is 0 Å². The molecule has 11 heavy (non-hydrogen) atoms. The van der Waals surface area contributed by atoms with Gasteiger partial charge in [0.25, 0.3) is 0 Å². The average molecular weight is 166 g/mol. The zero-order valence-electron chi connectivity index (χ0n) is 10.5. The fraction of sp³-hybridized carbons (Fsp3) is 0.857. The maximum atomic E-state index is 8.64. The van der Waals surface area contributed by atoms with Crippen LogP contribution in [0.25, 0.3) is 0 Å². The van der Waals surface area contributed by atoms with Gasteiger partial charge < -0.3 is 10.0 Å². The van der Waals surface area contributed by atoms with Gasteiger partial charge in [-0.05, 0) is 6.92 Å². The summed E-state index contributed by atoms with van der Waals surface area (Å²) in [6.07, 6.45) is -1.40. The smallest absolute Gasteiger partial charge is 0.0600 e. The van der Waals surface area contributed by atoms with Crippen molar-refractivity contribution in [3.8, 4) is 0 Å². The monoisotopic (exact) mass is 166 g/mol. The second kappa shape index (κ2) is 3.69. The third-order valence-corrected chi connectivity index (χ3v) is 1.41. The minimum absolute atomic E-state index is 0.0502. The molecule has 0 saturated carbocycles. The van der Waals surface area contributed by atoms with Crippen LogP contribution < -0.4 is 0 Å². The highest BCUT2D eigenvalue weighted by Gasteiger charge is 2.22. The van der Waals surface area contributed by atoms with E-state index in [2.05, 4.69) is 5.16 Å². The lowest BCUT2D eigenvalue weighted by atomic mass is 10.0. The van der Waals surface area contributed by atoms with E-state index in [-0.39, 0.29) is 12.1 Å². The Labute approximate surface area is 72.0 Å². The van der Waals surface area contributed by atoms with Crippen LogP contribution in [0.5, 0.6) is 0 Å².